The van der Waals surface area contributed by atoms with Gasteiger partial charge in [0, 0.05) is 13.1 Å². The Morgan fingerprint density at radius 1 is 1.50 bits per heavy atom. The van der Waals surface area contributed by atoms with Gasteiger partial charge in [-0.25, -0.2) is 0 Å². The summed E-state index contributed by atoms with van der Waals surface area (Å²) in [6.45, 7) is 2.24. The van der Waals surface area contributed by atoms with Gasteiger partial charge in [-0.2, -0.15) is 0 Å². The van der Waals surface area contributed by atoms with E-state index in [1.165, 1.54) is 0 Å². The lowest BCUT2D eigenvalue weighted by Crippen LogP contribution is -2.06. The van der Waals surface area contributed by atoms with Crippen LogP contribution in [0.4, 0.5) is 0 Å². The fraction of sp³-hybridized carbons (Fsp3) is 0.333. The second-order valence-corrected chi connectivity index (χ2v) is 4.53. The van der Waals surface area contributed by atoms with Gasteiger partial charge in [-0.15, -0.1) is 10.2 Å². The van der Waals surface area contributed by atoms with Crippen molar-refractivity contribution in [3.63, 3.8) is 0 Å². The molecule has 0 saturated heterocycles. The summed E-state index contributed by atoms with van der Waals surface area (Å²) in [5, 5.41) is 8.26. The molecule has 2 N–H and O–H groups in total. The molecular formula is C12H15ClN4O. The molecule has 0 bridgehead atoms. The third-order valence-corrected chi connectivity index (χ3v) is 2.94. The van der Waals surface area contributed by atoms with Crippen LogP contribution in [0.3, 0.4) is 0 Å². The molecule has 0 spiro atoms. The fourth-order valence-corrected chi connectivity index (χ4v) is 1.74. The van der Waals surface area contributed by atoms with E-state index < -0.39 is 0 Å². The number of nitrogens with two attached hydrogens (primary N) is 1. The first-order chi connectivity index (χ1) is 8.58. The summed E-state index contributed by atoms with van der Waals surface area (Å²) in [7, 11) is 1.86. The van der Waals surface area contributed by atoms with Gasteiger partial charge in [0.05, 0.1) is 5.02 Å². The molecule has 0 saturated carbocycles. The van der Waals surface area contributed by atoms with E-state index in [-0.39, 0.29) is 6.04 Å². The number of aryl methyl sites for hydroxylation is 1. The lowest BCUT2D eigenvalue weighted by atomic mass is 10.1. The van der Waals surface area contributed by atoms with Gasteiger partial charge >= 0.3 is 0 Å². The maximum atomic E-state index is 6.13. The number of aromatic nitrogens is 3. The molecule has 1 atom stereocenters. The summed E-state index contributed by atoms with van der Waals surface area (Å²) in [5.41, 5.74) is 6.76. The first kappa shape index (κ1) is 12.9. The Morgan fingerprint density at radius 3 is 2.83 bits per heavy atom. The molecule has 0 unspecified atom stereocenters. The van der Waals surface area contributed by atoms with Crippen LogP contribution in [-0.2, 0) is 13.7 Å². The molecule has 5 nitrogen and oxygen atoms in total. The molecule has 0 radical (unpaired) electrons. The largest absolute Gasteiger partial charge is 0.484 e. The van der Waals surface area contributed by atoms with Crippen LogP contribution in [0.5, 0.6) is 5.75 Å². The smallest absolute Gasteiger partial charge is 0.170 e. The van der Waals surface area contributed by atoms with Crippen LogP contribution < -0.4 is 10.5 Å². The van der Waals surface area contributed by atoms with E-state index in [1.807, 2.05) is 32.2 Å². The van der Waals surface area contributed by atoms with Crippen LogP contribution >= 0.6 is 11.6 Å². The number of benzene rings is 1. The normalized spacial score (nSPS) is 12.4. The van der Waals surface area contributed by atoms with Gasteiger partial charge in [-0.05, 0) is 24.6 Å². The fourth-order valence-electron chi connectivity index (χ4n) is 1.50. The highest BCUT2D eigenvalue weighted by Crippen LogP contribution is 2.27. The molecule has 96 valence electrons. The third kappa shape index (κ3) is 2.80. The van der Waals surface area contributed by atoms with Gasteiger partial charge in [0.25, 0.3) is 0 Å². The van der Waals surface area contributed by atoms with Crippen molar-refractivity contribution in [2.24, 2.45) is 12.8 Å². The molecule has 18 heavy (non-hydrogen) atoms. The predicted octanol–water partition coefficient (Wildman–Crippen LogP) is 2.07. The van der Waals surface area contributed by atoms with Crippen LogP contribution in [0.15, 0.2) is 24.5 Å². The average Bonchev–Trinajstić information content (AvgIpc) is 2.73. The Labute approximate surface area is 111 Å². The van der Waals surface area contributed by atoms with Gasteiger partial charge in [-0.1, -0.05) is 17.7 Å². The Bertz CT molecular complexity index is 539. The second-order valence-electron chi connectivity index (χ2n) is 4.13. The lowest BCUT2D eigenvalue weighted by Gasteiger charge is -2.10. The highest BCUT2D eigenvalue weighted by molar-refractivity contribution is 6.32. The zero-order chi connectivity index (χ0) is 13.1. The topological polar surface area (TPSA) is 66.0 Å². The number of nitrogens with zero attached hydrogens (tertiary/aromatic N) is 3. The number of halogens is 1. The number of hydrogen-bond acceptors (Lipinski definition) is 4. The molecular weight excluding hydrogens is 252 g/mol. The Balaban J connectivity index is 2.08. The summed E-state index contributed by atoms with van der Waals surface area (Å²) in [6, 6.07) is 5.49. The van der Waals surface area contributed by atoms with Gasteiger partial charge in [0.2, 0.25) is 0 Å². The van der Waals surface area contributed by atoms with Crippen molar-refractivity contribution in [2.45, 2.75) is 19.6 Å². The number of hydrogen-bond donors (Lipinski definition) is 1. The van der Waals surface area contributed by atoms with E-state index in [4.69, 9.17) is 22.1 Å². The van der Waals surface area contributed by atoms with Gasteiger partial charge in [0.15, 0.2) is 5.82 Å². The van der Waals surface area contributed by atoms with E-state index in [0.29, 0.717) is 17.4 Å². The number of rotatable bonds is 4. The van der Waals surface area contributed by atoms with Gasteiger partial charge in [-0.3, -0.25) is 0 Å². The average molecular weight is 267 g/mol. The van der Waals surface area contributed by atoms with Crippen molar-refractivity contribution in [1.82, 2.24) is 14.8 Å². The van der Waals surface area contributed by atoms with Crippen LogP contribution in [0.25, 0.3) is 0 Å². The quantitative estimate of drug-likeness (QED) is 0.920. The Morgan fingerprint density at radius 2 is 2.28 bits per heavy atom. The highest BCUT2D eigenvalue weighted by atomic mass is 35.5. The summed E-state index contributed by atoms with van der Waals surface area (Å²) in [6.07, 6.45) is 1.62. The summed E-state index contributed by atoms with van der Waals surface area (Å²) in [4.78, 5) is 0. The number of ether oxygens (including phenoxy) is 1. The summed E-state index contributed by atoms with van der Waals surface area (Å²) in [5.74, 6) is 1.35. The minimum Gasteiger partial charge on any atom is -0.484 e. The van der Waals surface area contributed by atoms with Crippen LogP contribution in [0, 0.1) is 0 Å². The Hall–Kier alpha value is -1.59. The van der Waals surface area contributed by atoms with E-state index >= 15 is 0 Å². The molecule has 0 aliphatic carbocycles. The Kier molecular flexibility index (Phi) is 3.84. The molecule has 6 heteroatoms. The molecule has 2 rings (SSSR count). The van der Waals surface area contributed by atoms with Crippen molar-refractivity contribution >= 4 is 11.6 Å². The molecule has 0 aliphatic rings. The van der Waals surface area contributed by atoms with Crippen LogP contribution in [0.1, 0.15) is 24.4 Å². The van der Waals surface area contributed by atoms with E-state index in [0.717, 1.165) is 11.4 Å². The third-order valence-electron chi connectivity index (χ3n) is 2.64. The standard InChI is InChI=1S/C12H15ClN4O/c1-8(14)9-3-4-11(10(13)5-9)18-6-12-16-15-7-17(12)2/h3-5,7-8H,6,14H2,1-2H3/t8-/m0/s1. The summed E-state index contributed by atoms with van der Waals surface area (Å²) >= 11 is 6.13. The second kappa shape index (κ2) is 5.37. The monoisotopic (exact) mass is 266 g/mol. The van der Waals surface area contributed by atoms with Crippen molar-refractivity contribution < 1.29 is 4.74 Å². The zero-order valence-corrected chi connectivity index (χ0v) is 11.1. The highest BCUT2D eigenvalue weighted by Gasteiger charge is 2.07. The van der Waals surface area contributed by atoms with Crippen LogP contribution in [-0.4, -0.2) is 14.8 Å². The van der Waals surface area contributed by atoms with Gasteiger partial charge in [0.1, 0.15) is 18.7 Å². The van der Waals surface area contributed by atoms with Gasteiger partial charge < -0.3 is 15.0 Å². The molecule has 0 amide bonds. The molecule has 1 aromatic heterocycles. The van der Waals surface area contributed by atoms with E-state index in [9.17, 15) is 0 Å². The minimum atomic E-state index is -0.0460. The zero-order valence-electron chi connectivity index (χ0n) is 10.3. The van der Waals surface area contributed by atoms with Crippen LogP contribution in [0.2, 0.25) is 5.02 Å². The summed E-state index contributed by atoms with van der Waals surface area (Å²) < 4.78 is 7.40. The van der Waals surface area contributed by atoms with Crippen molar-refractivity contribution in [2.75, 3.05) is 0 Å². The predicted molar refractivity (Wildman–Crippen MR) is 69.4 cm³/mol. The van der Waals surface area contributed by atoms with E-state index in [2.05, 4.69) is 10.2 Å². The molecule has 0 fully saturated rings. The molecule has 0 aliphatic heterocycles. The van der Waals surface area contributed by atoms with Crippen molar-refractivity contribution in [3.8, 4) is 5.75 Å². The minimum absolute atomic E-state index is 0.0460. The van der Waals surface area contributed by atoms with Crippen molar-refractivity contribution in [3.05, 3.63) is 40.9 Å². The molecule has 1 heterocycles. The molecule has 2 aromatic rings. The molecule has 1 aromatic carbocycles. The SMILES string of the molecule is C[C@H](N)c1ccc(OCc2nncn2C)c(Cl)c1. The lowest BCUT2D eigenvalue weighted by molar-refractivity contribution is 0.291. The van der Waals surface area contributed by atoms with Crippen molar-refractivity contribution in [1.29, 1.82) is 0 Å². The van der Waals surface area contributed by atoms with E-state index in [1.54, 1.807) is 10.9 Å². The first-order valence-electron chi connectivity index (χ1n) is 5.58. The first-order valence-corrected chi connectivity index (χ1v) is 5.96. The maximum absolute atomic E-state index is 6.13. The maximum Gasteiger partial charge on any atom is 0.170 e.